The van der Waals surface area contributed by atoms with Gasteiger partial charge in [-0.3, -0.25) is 9.59 Å². The molecule has 4 rings (SSSR count). The summed E-state index contributed by atoms with van der Waals surface area (Å²) in [5.41, 5.74) is -6.46. The summed E-state index contributed by atoms with van der Waals surface area (Å²) in [6.45, 7) is 4.93. The van der Waals surface area contributed by atoms with Gasteiger partial charge in [0, 0.05) is 29.6 Å². The van der Waals surface area contributed by atoms with E-state index in [4.69, 9.17) is 0 Å². The quantitative estimate of drug-likeness (QED) is 0.579. The number of thiol groups is 1. The van der Waals surface area contributed by atoms with Gasteiger partial charge in [0.2, 0.25) is 5.12 Å². The van der Waals surface area contributed by atoms with E-state index in [1.807, 2.05) is 0 Å². The molecule has 28 heavy (non-hydrogen) atoms. The van der Waals surface area contributed by atoms with E-state index >= 15 is 8.78 Å². The number of fused-ring (bicyclic) bond motifs is 5. The maximum Gasteiger partial charge on any atom is 0.218 e. The molecule has 4 nitrogen and oxygen atoms in total. The van der Waals surface area contributed by atoms with Crippen molar-refractivity contribution >= 4 is 23.5 Å². The fourth-order valence-corrected chi connectivity index (χ4v) is 7.45. The molecule has 4 aliphatic carbocycles. The molecule has 0 heterocycles. The summed E-state index contributed by atoms with van der Waals surface area (Å²) in [5, 5.41) is 21.6. The zero-order valence-electron chi connectivity index (χ0n) is 16.2. The number of rotatable bonds is 1. The SMILES string of the molecule is C[C@@H]1C[C@H]2C3CC(F)=C4CC(=O)C=C[C@]4(C)[C@@]3(F)[C@@H](O)C[C@]2(C)[C@@]1(O)C(=O)S. The third-order valence-electron chi connectivity index (χ3n) is 8.57. The van der Waals surface area contributed by atoms with Gasteiger partial charge < -0.3 is 10.2 Å². The van der Waals surface area contributed by atoms with Crippen LogP contribution in [0.3, 0.4) is 0 Å². The number of allylic oxidation sites excluding steroid dienone is 4. The number of hydrogen-bond donors (Lipinski definition) is 3. The number of alkyl halides is 1. The molecular formula is C21H26F2O4S. The van der Waals surface area contributed by atoms with Crippen LogP contribution >= 0.6 is 12.6 Å². The summed E-state index contributed by atoms with van der Waals surface area (Å²) < 4.78 is 32.0. The smallest absolute Gasteiger partial charge is 0.218 e. The van der Waals surface area contributed by atoms with Crippen molar-refractivity contribution in [1.82, 2.24) is 0 Å². The van der Waals surface area contributed by atoms with Crippen molar-refractivity contribution < 1.29 is 28.6 Å². The van der Waals surface area contributed by atoms with Crippen molar-refractivity contribution in [3.05, 3.63) is 23.6 Å². The second-order valence-electron chi connectivity index (χ2n) is 9.59. The Morgan fingerprint density at radius 1 is 1.32 bits per heavy atom. The van der Waals surface area contributed by atoms with Crippen LogP contribution in [-0.4, -0.2) is 38.5 Å². The summed E-state index contributed by atoms with van der Waals surface area (Å²) in [5.74, 6) is -2.73. The van der Waals surface area contributed by atoms with Gasteiger partial charge in [-0.25, -0.2) is 8.78 Å². The molecule has 0 saturated heterocycles. The van der Waals surface area contributed by atoms with Crippen molar-refractivity contribution in [2.24, 2.45) is 28.6 Å². The van der Waals surface area contributed by atoms with Gasteiger partial charge in [-0.05, 0) is 43.3 Å². The van der Waals surface area contributed by atoms with Gasteiger partial charge in [0.05, 0.1) is 6.10 Å². The van der Waals surface area contributed by atoms with Crippen LogP contribution in [0.2, 0.25) is 0 Å². The Morgan fingerprint density at radius 3 is 2.57 bits per heavy atom. The molecule has 0 aliphatic heterocycles. The van der Waals surface area contributed by atoms with E-state index in [0.29, 0.717) is 6.42 Å². The van der Waals surface area contributed by atoms with Gasteiger partial charge in [-0.15, -0.1) is 12.6 Å². The highest BCUT2D eigenvalue weighted by Crippen LogP contribution is 2.71. The maximum absolute atomic E-state index is 16.8. The van der Waals surface area contributed by atoms with Gasteiger partial charge in [-0.2, -0.15) is 0 Å². The van der Waals surface area contributed by atoms with E-state index in [1.165, 1.54) is 19.1 Å². The largest absolute Gasteiger partial charge is 0.390 e. The van der Waals surface area contributed by atoms with Crippen LogP contribution in [-0.2, 0) is 9.59 Å². The van der Waals surface area contributed by atoms with Crippen LogP contribution in [0, 0.1) is 28.6 Å². The van der Waals surface area contributed by atoms with Crippen LogP contribution in [0.5, 0.6) is 0 Å². The molecule has 2 N–H and O–H groups in total. The first-order chi connectivity index (χ1) is 12.8. The lowest BCUT2D eigenvalue weighted by atomic mass is 9.45. The molecule has 0 radical (unpaired) electrons. The molecule has 8 atom stereocenters. The molecule has 154 valence electrons. The Morgan fingerprint density at radius 2 is 1.96 bits per heavy atom. The average Bonchev–Trinajstić information content (AvgIpc) is 2.81. The fraction of sp³-hybridized carbons (Fsp3) is 0.714. The average molecular weight is 412 g/mol. The van der Waals surface area contributed by atoms with Gasteiger partial charge in [0.25, 0.3) is 0 Å². The van der Waals surface area contributed by atoms with E-state index in [1.54, 1.807) is 13.8 Å². The number of aliphatic hydroxyl groups excluding tert-OH is 1. The number of carbonyl (C=O) groups is 2. The molecule has 7 heteroatoms. The minimum atomic E-state index is -2.19. The normalized spacial score (nSPS) is 52.9. The third kappa shape index (κ3) is 2.03. The molecule has 0 spiro atoms. The second-order valence-corrected chi connectivity index (χ2v) is 10.00. The van der Waals surface area contributed by atoms with E-state index in [-0.39, 0.29) is 30.6 Å². The van der Waals surface area contributed by atoms with E-state index < -0.39 is 56.9 Å². The molecule has 0 aromatic rings. The lowest BCUT2D eigenvalue weighted by Gasteiger charge is -2.62. The first-order valence-electron chi connectivity index (χ1n) is 9.76. The summed E-state index contributed by atoms with van der Waals surface area (Å²) in [6.07, 6.45) is 0.902. The molecule has 4 aliphatic rings. The monoisotopic (exact) mass is 412 g/mol. The minimum Gasteiger partial charge on any atom is -0.390 e. The molecule has 0 amide bonds. The van der Waals surface area contributed by atoms with Crippen molar-refractivity contribution in [3.8, 4) is 0 Å². The Bertz CT molecular complexity index is 840. The van der Waals surface area contributed by atoms with Crippen LogP contribution < -0.4 is 0 Å². The molecular weight excluding hydrogens is 386 g/mol. The molecule has 0 aromatic carbocycles. The zero-order valence-corrected chi connectivity index (χ0v) is 17.1. The number of aliphatic hydroxyl groups is 2. The third-order valence-corrected chi connectivity index (χ3v) is 8.91. The lowest BCUT2D eigenvalue weighted by Crippen LogP contribution is -2.69. The van der Waals surface area contributed by atoms with Gasteiger partial charge >= 0.3 is 0 Å². The molecule has 0 aromatic heterocycles. The van der Waals surface area contributed by atoms with Crippen LogP contribution in [0.25, 0.3) is 0 Å². The van der Waals surface area contributed by atoms with E-state index in [2.05, 4.69) is 12.6 Å². The Hall–Kier alpha value is -1.05. The highest BCUT2D eigenvalue weighted by Gasteiger charge is 2.75. The molecule has 1 unspecified atom stereocenters. The highest BCUT2D eigenvalue weighted by molar-refractivity contribution is 7.96. The summed E-state index contributed by atoms with van der Waals surface area (Å²) in [6, 6.07) is 0. The Balaban J connectivity index is 1.91. The maximum atomic E-state index is 16.8. The lowest BCUT2D eigenvalue weighted by molar-refractivity contribution is -0.213. The first-order valence-corrected chi connectivity index (χ1v) is 10.2. The standard InChI is InChI=1S/C21H26F2O4S/c1-10-6-12-13-8-15(22)14-7-11(24)4-5-18(14,2)20(13,23)16(25)9-19(12,3)21(10,27)17(26)28/h4-5,10,12-13,16,25,27H,6-9H2,1-3H3,(H,26,28)/t10-,12+,13?,16+,18+,19+,20+,21+/m1/s1. The molecule has 2 fully saturated rings. The topological polar surface area (TPSA) is 74.6 Å². The highest BCUT2D eigenvalue weighted by atomic mass is 32.1. The van der Waals surface area contributed by atoms with Crippen molar-refractivity contribution in [1.29, 1.82) is 0 Å². The van der Waals surface area contributed by atoms with E-state index in [0.717, 1.165) is 0 Å². The first kappa shape index (κ1) is 20.2. The van der Waals surface area contributed by atoms with Crippen molar-refractivity contribution in [2.45, 2.75) is 63.8 Å². The number of ketones is 1. The minimum absolute atomic E-state index is 0.105. The second kappa shape index (κ2) is 5.76. The predicted octanol–water partition coefficient (Wildman–Crippen LogP) is 3.09. The number of halogens is 2. The fourth-order valence-electron chi connectivity index (χ4n) is 6.97. The van der Waals surface area contributed by atoms with Gasteiger partial charge in [0.15, 0.2) is 11.5 Å². The Kier molecular flexibility index (Phi) is 4.16. The number of hydrogen-bond acceptors (Lipinski definition) is 4. The summed E-state index contributed by atoms with van der Waals surface area (Å²) >= 11 is 3.90. The van der Waals surface area contributed by atoms with E-state index in [9.17, 15) is 19.8 Å². The predicted molar refractivity (Wildman–Crippen MR) is 102 cm³/mol. The zero-order chi connectivity index (χ0) is 20.9. The molecule has 0 bridgehead atoms. The number of carbonyl (C=O) groups excluding carboxylic acids is 2. The Labute approximate surface area is 168 Å². The van der Waals surface area contributed by atoms with Gasteiger partial charge in [-0.1, -0.05) is 19.9 Å². The van der Waals surface area contributed by atoms with Crippen molar-refractivity contribution in [2.75, 3.05) is 0 Å². The summed E-state index contributed by atoms with van der Waals surface area (Å²) in [7, 11) is 0. The van der Waals surface area contributed by atoms with Crippen LogP contribution in [0.4, 0.5) is 8.78 Å². The van der Waals surface area contributed by atoms with Crippen LogP contribution in [0.1, 0.15) is 46.5 Å². The van der Waals surface area contributed by atoms with Crippen LogP contribution in [0.15, 0.2) is 23.6 Å². The van der Waals surface area contributed by atoms with Gasteiger partial charge in [0.1, 0.15) is 11.4 Å². The summed E-state index contributed by atoms with van der Waals surface area (Å²) in [4.78, 5) is 24.1. The van der Waals surface area contributed by atoms with Crippen molar-refractivity contribution in [3.63, 3.8) is 0 Å². The molecule has 2 saturated carbocycles.